The largest absolute Gasteiger partial charge is 0.364 e. The van der Waals surface area contributed by atoms with Crippen LogP contribution in [-0.2, 0) is 19.5 Å². The Labute approximate surface area is 177 Å². The summed E-state index contributed by atoms with van der Waals surface area (Å²) in [6.07, 6.45) is 2.82. The van der Waals surface area contributed by atoms with Gasteiger partial charge in [0.2, 0.25) is 0 Å². The molecule has 0 bridgehead atoms. The van der Waals surface area contributed by atoms with Crippen LogP contribution in [0.4, 0.5) is 0 Å². The Bertz CT molecular complexity index is 781. The molecule has 2 aromatic heterocycles. The van der Waals surface area contributed by atoms with Crippen LogP contribution in [0.2, 0.25) is 0 Å². The topological polar surface area (TPSA) is 60.1 Å². The Kier molecular flexibility index (Phi) is 6.84. The van der Waals surface area contributed by atoms with Gasteiger partial charge in [0.05, 0.1) is 12.2 Å². The molecule has 0 aromatic carbocycles. The molecule has 2 aliphatic rings. The minimum absolute atomic E-state index is 0.449. The van der Waals surface area contributed by atoms with Gasteiger partial charge < -0.3 is 14.7 Å². The number of aromatic nitrogens is 1. The van der Waals surface area contributed by atoms with Crippen LogP contribution < -0.4 is 5.32 Å². The molecule has 1 atom stereocenters. The van der Waals surface area contributed by atoms with Crippen molar-refractivity contribution in [2.24, 2.45) is 4.99 Å². The Hall–Kier alpha value is -1.90. The van der Waals surface area contributed by atoms with Crippen molar-refractivity contribution in [2.75, 3.05) is 45.8 Å². The van der Waals surface area contributed by atoms with Crippen LogP contribution in [0.5, 0.6) is 0 Å². The summed E-state index contributed by atoms with van der Waals surface area (Å²) in [4.78, 5) is 13.9. The number of thiophene rings is 1. The van der Waals surface area contributed by atoms with Crippen molar-refractivity contribution in [3.63, 3.8) is 0 Å². The summed E-state index contributed by atoms with van der Waals surface area (Å²) < 4.78 is 4.95. The second kappa shape index (κ2) is 9.73. The van der Waals surface area contributed by atoms with E-state index in [4.69, 9.17) is 9.52 Å². The molecule has 1 unspecified atom stereocenters. The minimum atomic E-state index is 0.449. The number of hydrogen-bond acceptors (Lipinski definition) is 6. The summed E-state index contributed by atoms with van der Waals surface area (Å²) in [5.74, 6) is 1.05. The van der Waals surface area contributed by atoms with E-state index in [0.717, 1.165) is 70.6 Å². The monoisotopic (exact) mass is 416 g/mol. The Morgan fingerprint density at radius 1 is 1.28 bits per heavy atom. The van der Waals surface area contributed by atoms with Gasteiger partial charge in [-0.05, 0) is 37.3 Å². The zero-order valence-electron chi connectivity index (χ0n) is 17.5. The summed E-state index contributed by atoms with van der Waals surface area (Å²) in [6.45, 7) is 13.2. The van der Waals surface area contributed by atoms with Gasteiger partial charge in [0.25, 0.3) is 0 Å². The lowest BCUT2D eigenvalue weighted by molar-refractivity contribution is 0.168. The average molecular weight is 417 g/mol. The van der Waals surface area contributed by atoms with Crippen molar-refractivity contribution in [3.05, 3.63) is 39.9 Å². The summed E-state index contributed by atoms with van der Waals surface area (Å²) >= 11 is 1.90. The van der Waals surface area contributed by atoms with Crippen molar-refractivity contribution in [1.29, 1.82) is 0 Å². The van der Waals surface area contributed by atoms with Gasteiger partial charge in [-0.3, -0.25) is 14.8 Å². The second-order valence-electron chi connectivity index (χ2n) is 7.89. The first kappa shape index (κ1) is 20.4. The molecule has 0 aliphatic carbocycles. The summed E-state index contributed by atoms with van der Waals surface area (Å²) in [5.41, 5.74) is 2.51. The number of nitrogens with zero attached hydrogens (tertiary/aromatic N) is 5. The van der Waals surface area contributed by atoms with Crippen LogP contribution in [0.1, 0.15) is 30.0 Å². The van der Waals surface area contributed by atoms with E-state index in [1.807, 2.05) is 17.4 Å². The molecule has 1 saturated heterocycles. The highest BCUT2D eigenvalue weighted by Crippen LogP contribution is 2.25. The summed E-state index contributed by atoms with van der Waals surface area (Å²) in [6, 6.07) is 4.68. The first-order chi connectivity index (χ1) is 14.2. The third-order valence-corrected chi connectivity index (χ3v) is 6.87. The van der Waals surface area contributed by atoms with Crippen LogP contribution in [0.25, 0.3) is 0 Å². The van der Waals surface area contributed by atoms with E-state index in [2.05, 4.69) is 50.5 Å². The Balaban J connectivity index is 1.30. The predicted molar refractivity (Wildman–Crippen MR) is 117 cm³/mol. The van der Waals surface area contributed by atoms with Crippen LogP contribution in [0.3, 0.4) is 0 Å². The molecule has 0 spiro atoms. The molecule has 0 saturated carbocycles. The van der Waals surface area contributed by atoms with Gasteiger partial charge in [-0.25, -0.2) is 0 Å². The maximum atomic E-state index is 5.00. The van der Waals surface area contributed by atoms with Crippen molar-refractivity contribution < 1.29 is 4.52 Å². The zero-order chi connectivity index (χ0) is 20.1. The average Bonchev–Trinajstić information content (AvgIpc) is 3.42. The number of aliphatic imine (C=N–C) groups is 1. The molecule has 4 heterocycles. The smallest absolute Gasteiger partial charge is 0.194 e. The van der Waals surface area contributed by atoms with Gasteiger partial charge in [-0.15, -0.1) is 11.3 Å². The first-order valence-electron chi connectivity index (χ1n) is 10.7. The molecule has 0 radical (unpaired) electrons. The lowest BCUT2D eigenvalue weighted by Crippen LogP contribution is -2.52. The molecule has 1 N–H and O–H groups in total. The van der Waals surface area contributed by atoms with Crippen LogP contribution >= 0.6 is 11.3 Å². The van der Waals surface area contributed by atoms with E-state index < -0.39 is 0 Å². The molecule has 8 heteroatoms. The fourth-order valence-electron chi connectivity index (χ4n) is 4.07. The number of hydrogen-bond donors (Lipinski definition) is 1. The number of nitrogens with one attached hydrogen (secondary N) is 1. The highest BCUT2D eigenvalue weighted by atomic mass is 32.1. The zero-order valence-corrected chi connectivity index (χ0v) is 18.3. The van der Waals surface area contributed by atoms with E-state index in [9.17, 15) is 0 Å². The third-order valence-electron chi connectivity index (χ3n) is 5.85. The Morgan fingerprint density at radius 3 is 2.90 bits per heavy atom. The molecule has 0 amide bonds. The number of fused-ring (bicyclic) bond motifs is 1. The van der Waals surface area contributed by atoms with Crippen molar-refractivity contribution >= 4 is 17.3 Å². The quantitative estimate of drug-likeness (QED) is 0.576. The molecule has 1 fully saturated rings. The lowest BCUT2D eigenvalue weighted by Gasteiger charge is -2.36. The standard InChI is InChI=1S/C21H32N6OS/c1-3-22-21(26-10-8-25(9-11-26)16-19-5-12-28-24-19)23-14-17(2)27-7-4-20-18(15-27)6-13-29-20/h5-6,12-13,17H,3-4,7-11,14-16H2,1-2H3,(H,22,23). The van der Waals surface area contributed by atoms with Gasteiger partial charge in [0.15, 0.2) is 5.96 Å². The van der Waals surface area contributed by atoms with Gasteiger partial charge in [0, 0.05) is 69.3 Å². The lowest BCUT2D eigenvalue weighted by atomic mass is 10.1. The number of rotatable bonds is 6. The summed E-state index contributed by atoms with van der Waals surface area (Å²) in [7, 11) is 0. The fourth-order valence-corrected chi connectivity index (χ4v) is 4.96. The van der Waals surface area contributed by atoms with Gasteiger partial charge in [-0.2, -0.15) is 0 Å². The predicted octanol–water partition coefficient (Wildman–Crippen LogP) is 2.27. The van der Waals surface area contributed by atoms with Gasteiger partial charge in [-0.1, -0.05) is 5.16 Å². The first-order valence-corrected chi connectivity index (χ1v) is 11.5. The Morgan fingerprint density at radius 2 is 2.14 bits per heavy atom. The number of piperazine rings is 1. The van der Waals surface area contributed by atoms with Crippen LogP contribution in [0.15, 0.2) is 33.3 Å². The molecular weight excluding hydrogens is 384 g/mol. The van der Waals surface area contributed by atoms with Gasteiger partial charge >= 0.3 is 0 Å². The van der Waals surface area contributed by atoms with Gasteiger partial charge in [0.1, 0.15) is 6.26 Å². The number of guanidine groups is 1. The molecule has 158 valence electrons. The van der Waals surface area contributed by atoms with Crippen molar-refractivity contribution in [1.82, 2.24) is 25.2 Å². The third kappa shape index (κ3) is 5.18. The van der Waals surface area contributed by atoms with E-state index in [1.165, 1.54) is 12.0 Å². The van der Waals surface area contributed by atoms with Crippen LogP contribution in [-0.4, -0.2) is 77.7 Å². The van der Waals surface area contributed by atoms with Crippen molar-refractivity contribution in [2.45, 2.75) is 39.4 Å². The maximum absolute atomic E-state index is 5.00. The van der Waals surface area contributed by atoms with Crippen molar-refractivity contribution in [3.8, 4) is 0 Å². The second-order valence-corrected chi connectivity index (χ2v) is 8.89. The molecule has 29 heavy (non-hydrogen) atoms. The maximum Gasteiger partial charge on any atom is 0.194 e. The fraction of sp³-hybridized carbons (Fsp3) is 0.619. The highest BCUT2D eigenvalue weighted by molar-refractivity contribution is 7.10. The van der Waals surface area contributed by atoms with Crippen LogP contribution in [0, 0.1) is 0 Å². The highest BCUT2D eigenvalue weighted by Gasteiger charge is 2.23. The van der Waals surface area contributed by atoms with E-state index in [-0.39, 0.29) is 0 Å². The van der Waals surface area contributed by atoms with E-state index in [1.54, 1.807) is 11.1 Å². The molecule has 2 aliphatic heterocycles. The van der Waals surface area contributed by atoms with E-state index >= 15 is 0 Å². The molecule has 4 rings (SSSR count). The normalized spacial score (nSPS) is 19.9. The van der Waals surface area contributed by atoms with E-state index in [0.29, 0.717) is 6.04 Å². The molecular formula is C21H32N6OS. The molecule has 2 aromatic rings. The SMILES string of the molecule is CCNC(=NCC(C)N1CCc2sccc2C1)N1CCN(Cc2ccon2)CC1. The minimum Gasteiger partial charge on any atom is -0.364 e. The summed E-state index contributed by atoms with van der Waals surface area (Å²) in [5, 5.41) is 9.75. The molecule has 7 nitrogen and oxygen atoms in total.